The van der Waals surface area contributed by atoms with Crippen molar-refractivity contribution in [3.05, 3.63) is 0 Å². The number of carbonyl (C=O) groups excluding carboxylic acids is 3. The number of fused-ring (bicyclic) bond motifs is 3. The molecular formula is C17H28N2O12. The summed E-state index contributed by atoms with van der Waals surface area (Å²) in [6, 6.07) is -2.10. The van der Waals surface area contributed by atoms with Crippen LogP contribution in [0.4, 0.5) is 0 Å². The van der Waals surface area contributed by atoms with Gasteiger partial charge >= 0.3 is 42.3 Å². The SMILES string of the molecule is C.C.CN(CC(=O)O)C(CC(=O)O)C(=O)O.CN1CC(=O)OC2OC(=O)CC1C(=O)O2. The van der Waals surface area contributed by atoms with Crippen molar-refractivity contribution in [1.29, 1.82) is 0 Å². The Morgan fingerprint density at radius 2 is 1.58 bits per heavy atom. The van der Waals surface area contributed by atoms with E-state index in [-0.39, 0.29) is 27.8 Å². The molecule has 0 amide bonds. The summed E-state index contributed by atoms with van der Waals surface area (Å²) < 4.78 is 13.9. The van der Waals surface area contributed by atoms with E-state index in [4.69, 9.17) is 15.3 Å². The van der Waals surface area contributed by atoms with E-state index in [0.717, 1.165) is 4.90 Å². The normalized spacial score (nSPS) is 21.2. The fourth-order valence-corrected chi connectivity index (χ4v) is 2.36. The van der Waals surface area contributed by atoms with E-state index in [2.05, 4.69) is 14.2 Å². The Labute approximate surface area is 178 Å². The van der Waals surface area contributed by atoms with Gasteiger partial charge in [0.1, 0.15) is 12.1 Å². The third-order valence-electron chi connectivity index (χ3n) is 3.78. The molecular weight excluding hydrogens is 424 g/mol. The second-order valence-corrected chi connectivity index (χ2v) is 6.10. The zero-order valence-corrected chi connectivity index (χ0v) is 15.5. The summed E-state index contributed by atoms with van der Waals surface area (Å²) in [4.78, 5) is 67.2. The first kappa shape index (κ1) is 29.9. The molecule has 178 valence electrons. The lowest BCUT2D eigenvalue weighted by Gasteiger charge is -2.25. The van der Waals surface area contributed by atoms with Crippen LogP contribution in [0.2, 0.25) is 0 Å². The maximum absolute atomic E-state index is 11.4. The molecule has 2 aliphatic rings. The van der Waals surface area contributed by atoms with Crippen molar-refractivity contribution in [2.24, 2.45) is 0 Å². The maximum Gasteiger partial charge on any atom is 0.412 e. The number of hydrogen-bond donors (Lipinski definition) is 3. The highest BCUT2D eigenvalue weighted by Gasteiger charge is 2.40. The van der Waals surface area contributed by atoms with E-state index in [0.29, 0.717) is 0 Å². The average molecular weight is 452 g/mol. The summed E-state index contributed by atoms with van der Waals surface area (Å²) >= 11 is 0. The molecule has 14 heteroatoms. The molecule has 0 spiro atoms. The molecule has 0 saturated carbocycles. The molecule has 2 rings (SSSR count). The predicted molar refractivity (Wildman–Crippen MR) is 101 cm³/mol. The molecule has 0 aliphatic carbocycles. The number of carboxylic acids is 3. The minimum Gasteiger partial charge on any atom is -0.481 e. The largest absolute Gasteiger partial charge is 0.481 e. The summed E-state index contributed by atoms with van der Waals surface area (Å²) in [6.07, 6.45) is -0.762. The molecule has 3 atom stereocenters. The number of hydrogen-bond acceptors (Lipinski definition) is 11. The first-order chi connectivity index (χ1) is 13.4. The van der Waals surface area contributed by atoms with Crippen molar-refractivity contribution in [1.82, 2.24) is 9.80 Å². The van der Waals surface area contributed by atoms with Crippen LogP contribution in [0.15, 0.2) is 0 Å². The molecule has 3 N–H and O–H groups in total. The van der Waals surface area contributed by atoms with Crippen LogP contribution in [0.1, 0.15) is 27.7 Å². The Hall–Kier alpha value is -3.26. The smallest absolute Gasteiger partial charge is 0.412 e. The number of esters is 3. The Balaban J connectivity index is 0. The van der Waals surface area contributed by atoms with Gasteiger partial charge in [-0.2, -0.15) is 0 Å². The summed E-state index contributed by atoms with van der Waals surface area (Å²) in [5.74, 6) is -5.69. The number of rotatable bonds is 6. The number of aliphatic carboxylic acids is 3. The van der Waals surface area contributed by atoms with Gasteiger partial charge in [-0.3, -0.25) is 38.6 Å². The lowest BCUT2D eigenvalue weighted by atomic mass is 10.2. The Morgan fingerprint density at radius 3 is 2.06 bits per heavy atom. The summed E-state index contributed by atoms with van der Waals surface area (Å²) in [5.41, 5.74) is 0. The number of carboxylic acid groups (broad SMARTS) is 3. The third-order valence-corrected chi connectivity index (χ3v) is 3.78. The molecule has 2 fully saturated rings. The zero-order chi connectivity index (χ0) is 22.3. The lowest BCUT2D eigenvalue weighted by Crippen LogP contribution is -2.45. The highest BCUT2D eigenvalue weighted by atomic mass is 16.9. The first-order valence-electron chi connectivity index (χ1n) is 8.07. The van der Waals surface area contributed by atoms with Gasteiger partial charge in [0.15, 0.2) is 0 Å². The number of ether oxygens (including phenoxy) is 3. The van der Waals surface area contributed by atoms with Crippen molar-refractivity contribution in [3.63, 3.8) is 0 Å². The van der Waals surface area contributed by atoms with Gasteiger partial charge in [0, 0.05) is 0 Å². The van der Waals surface area contributed by atoms with Crippen molar-refractivity contribution in [3.8, 4) is 0 Å². The van der Waals surface area contributed by atoms with Crippen LogP contribution >= 0.6 is 0 Å². The topological polar surface area (TPSA) is 197 Å². The van der Waals surface area contributed by atoms with Gasteiger partial charge < -0.3 is 29.5 Å². The fraction of sp³-hybridized carbons (Fsp3) is 0.647. The molecule has 0 aromatic carbocycles. The molecule has 2 bridgehead atoms. The van der Waals surface area contributed by atoms with E-state index in [9.17, 15) is 28.8 Å². The van der Waals surface area contributed by atoms with Gasteiger partial charge in [-0.25, -0.2) is 0 Å². The second kappa shape index (κ2) is 13.1. The van der Waals surface area contributed by atoms with Gasteiger partial charge in [0.2, 0.25) is 0 Å². The summed E-state index contributed by atoms with van der Waals surface area (Å²) in [5, 5.41) is 25.4. The van der Waals surface area contributed by atoms with E-state index in [1.807, 2.05) is 0 Å². The first-order valence-corrected chi connectivity index (χ1v) is 8.07. The van der Waals surface area contributed by atoms with Crippen LogP contribution in [0.3, 0.4) is 0 Å². The Morgan fingerprint density at radius 1 is 1.03 bits per heavy atom. The van der Waals surface area contributed by atoms with Crippen molar-refractivity contribution < 1.29 is 58.3 Å². The van der Waals surface area contributed by atoms with Gasteiger partial charge in [0.25, 0.3) is 0 Å². The van der Waals surface area contributed by atoms with Crippen LogP contribution in [0, 0.1) is 0 Å². The molecule has 0 aromatic heterocycles. The van der Waals surface area contributed by atoms with Crippen LogP contribution in [0.25, 0.3) is 0 Å². The van der Waals surface area contributed by atoms with Crippen molar-refractivity contribution in [2.45, 2.75) is 46.3 Å². The van der Waals surface area contributed by atoms with Gasteiger partial charge in [-0.15, -0.1) is 0 Å². The molecule has 2 saturated heterocycles. The molecule has 0 aromatic rings. The van der Waals surface area contributed by atoms with E-state index >= 15 is 0 Å². The van der Waals surface area contributed by atoms with E-state index in [1.54, 1.807) is 0 Å². The van der Waals surface area contributed by atoms with Crippen molar-refractivity contribution in [2.75, 3.05) is 27.2 Å². The second-order valence-electron chi connectivity index (χ2n) is 6.10. The van der Waals surface area contributed by atoms with E-state index < -0.39 is 67.3 Å². The van der Waals surface area contributed by atoms with Gasteiger partial charge in [-0.1, -0.05) is 14.9 Å². The number of nitrogens with zero attached hydrogens (tertiary/aromatic N) is 2. The number of carbonyl (C=O) groups is 6. The minimum absolute atomic E-state index is 0. The summed E-state index contributed by atoms with van der Waals surface area (Å²) in [6.45, 7) is -2.12. The quantitative estimate of drug-likeness (QED) is 0.407. The lowest BCUT2D eigenvalue weighted by molar-refractivity contribution is -0.256. The predicted octanol–water partition coefficient (Wildman–Crippen LogP) is -1.18. The van der Waals surface area contributed by atoms with Crippen molar-refractivity contribution >= 4 is 35.8 Å². The molecule has 2 aliphatic heterocycles. The average Bonchev–Trinajstić information content (AvgIpc) is 2.66. The highest BCUT2D eigenvalue weighted by molar-refractivity contribution is 5.86. The van der Waals surface area contributed by atoms with Crippen LogP contribution < -0.4 is 0 Å². The van der Waals surface area contributed by atoms with Gasteiger partial charge in [0.05, 0.1) is 25.9 Å². The minimum atomic E-state index is -1.53. The zero-order valence-electron chi connectivity index (χ0n) is 15.5. The molecule has 2 heterocycles. The van der Waals surface area contributed by atoms with Crippen LogP contribution in [0.5, 0.6) is 0 Å². The highest BCUT2D eigenvalue weighted by Crippen LogP contribution is 2.17. The molecule has 31 heavy (non-hydrogen) atoms. The molecule has 0 radical (unpaired) electrons. The Kier molecular flexibility index (Phi) is 12.7. The molecule has 3 unspecified atom stereocenters. The third kappa shape index (κ3) is 9.86. The van der Waals surface area contributed by atoms with Crippen LogP contribution in [-0.2, 0) is 43.0 Å². The fourth-order valence-electron chi connectivity index (χ4n) is 2.36. The molecule has 14 nitrogen and oxygen atoms in total. The van der Waals surface area contributed by atoms with Gasteiger partial charge in [-0.05, 0) is 14.1 Å². The Bertz CT molecular complexity index is 695. The standard InChI is InChI=1S/C8H9NO6.C7H11NO6.2CH4/c1-9-3-6(11)14-8-13-5(10)2-4(9)7(12)15-8;1-8(3-6(11)12)4(7(13)14)2-5(9)10;;/h4,8H,2-3H2,1H3;4H,2-3H2,1H3,(H,9,10)(H,11,12)(H,13,14);2*1H4. The monoisotopic (exact) mass is 452 g/mol. The number of likely N-dealkylation sites (N-methyl/N-ethyl adjacent to an activating group) is 2. The van der Waals surface area contributed by atoms with Crippen LogP contribution in [-0.4, -0.2) is 107 Å². The van der Waals surface area contributed by atoms with E-state index in [1.165, 1.54) is 19.0 Å². The summed E-state index contributed by atoms with van der Waals surface area (Å²) in [7, 11) is 2.78. The maximum atomic E-state index is 11.4.